The lowest BCUT2D eigenvalue weighted by molar-refractivity contribution is -0.122. The second-order valence-corrected chi connectivity index (χ2v) is 14.0. The van der Waals surface area contributed by atoms with Crippen molar-refractivity contribution in [1.29, 1.82) is 0 Å². The number of hydrogen-bond donors (Lipinski definition) is 2. The monoisotopic (exact) mass is 733 g/mol. The number of nitrogens with one attached hydrogen (secondary N) is 1. The van der Waals surface area contributed by atoms with Crippen molar-refractivity contribution in [3.63, 3.8) is 0 Å². The van der Waals surface area contributed by atoms with Crippen molar-refractivity contribution < 1.29 is 14.3 Å². The van der Waals surface area contributed by atoms with Gasteiger partial charge in [-0.25, -0.2) is 0 Å². The molecule has 0 spiro atoms. The second-order valence-electron chi connectivity index (χ2n) is 14.0. The Bertz CT molecular complexity index is 2050. The predicted octanol–water partition coefficient (Wildman–Crippen LogP) is 9.31. The minimum Gasteiger partial charge on any atom is -0.493 e. The van der Waals surface area contributed by atoms with Crippen molar-refractivity contribution >= 4 is 39.9 Å². The lowest BCUT2D eigenvalue weighted by atomic mass is 9.92. The fourth-order valence-electron chi connectivity index (χ4n) is 6.68. The quantitative estimate of drug-likeness (QED) is 0.0805. The number of carbonyl (C=O) groups is 1. The van der Waals surface area contributed by atoms with Gasteiger partial charge in [-0.2, -0.15) is 0 Å². The first-order valence-electron chi connectivity index (χ1n) is 18.7. The molecular weight excluding hydrogens is 682 g/mol. The highest BCUT2D eigenvalue weighted by atomic mass is 35.5. The van der Waals surface area contributed by atoms with Gasteiger partial charge in [0.1, 0.15) is 23.8 Å². The third-order valence-corrected chi connectivity index (χ3v) is 9.44. The largest absolute Gasteiger partial charge is 0.493 e. The van der Waals surface area contributed by atoms with Crippen LogP contribution in [0, 0.1) is 5.92 Å². The molecule has 0 saturated carbocycles. The first-order chi connectivity index (χ1) is 25.5. The number of hydrogen-bond acceptors (Lipinski definition) is 6. The van der Waals surface area contributed by atoms with E-state index in [2.05, 4.69) is 108 Å². The zero-order chi connectivity index (χ0) is 36.1. The maximum atomic E-state index is 13.0. The summed E-state index contributed by atoms with van der Waals surface area (Å²) in [5.41, 5.74) is 9.76. The van der Waals surface area contributed by atoms with E-state index in [0.29, 0.717) is 37.7 Å². The number of nitrogens with two attached hydrogens (primary N) is 1. The molecule has 5 aromatic carbocycles. The number of ether oxygens (including phenoxy) is 2. The Hall–Kier alpha value is -4.92. The van der Waals surface area contributed by atoms with E-state index in [9.17, 15) is 4.79 Å². The molecule has 1 heterocycles. The molecular formula is C44H52ClN5O3. The highest BCUT2D eigenvalue weighted by molar-refractivity contribution is 6.09. The molecule has 53 heavy (non-hydrogen) atoms. The summed E-state index contributed by atoms with van der Waals surface area (Å²) in [5, 5.41) is 16.6. The zero-order valence-corrected chi connectivity index (χ0v) is 31.7. The molecule has 0 fully saturated rings. The van der Waals surface area contributed by atoms with Crippen LogP contribution in [0.4, 0.5) is 0 Å². The number of unbranched alkanes of at least 4 members (excludes halogenated alkanes) is 1. The van der Waals surface area contributed by atoms with Gasteiger partial charge in [0.15, 0.2) is 0 Å². The normalized spacial score (nSPS) is 11.8. The zero-order valence-electron chi connectivity index (χ0n) is 30.9. The van der Waals surface area contributed by atoms with Crippen molar-refractivity contribution in [1.82, 2.24) is 20.3 Å². The van der Waals surface area contributed by atoms with Gasteiger partial charge in [0.25, 0.3) is 0 Å². The number of halogens is 1. The number of amides is 1. The third kappa shape index (κ3) is 10.8. The van der Waals surface area contributed by atoms with Crippen LogP contribution in [-0.2, 0) is 24.4 Å². The van der Waals surface area contributed by atoms with E-state index in [1.807, 2.05) is 35.1 Å². The lowest BCUT2D eigenvalue weighted by Gasteiger charge is -2.20. The van der Waals surface area contributed by atoms with Gasteiger partial charge in [-0.05, 0) is 83.8 Å². The number of rotatable bonds is 19. The van der Waals surface area contributed by atoms with Gasteiger partial charge in [0.2, 0.25) is 5.91 Å². The summed E-state index contributed by atoms with van der Waals surface area (Å²) in [6.45, 7) is 6.45. The summed E-state index contributed by atoms with van der Waals surface area (Å²) < 4.78 is 14.9. The van der Waals surface area contributed by atoms with Crippen molar-refractivity contribution in [2.75, 3.05) is 13.2 Å². The summed E-state index contributed by atoms with van der Waals surface area (Å²) in [6, 6.07) is 35.4. The van der Waals surface area contributed by atoms with Crippen molar-refractivity contribution in [2.45, 2.75) is 78.0 Å². The van der Waals surface area contributed by atoms with E-state index in [1.165, 1.54) is 5.56 Å². The Labute approximate surface area is 319 Å². The Balaban J connectivity index is 0.00000541. The van der Waals surface area contributed by atoms with E-state index in [1.54, 1.807) is 0 Å². The molecule has 3 N–H and O–H groups in total. The van der Waals surface area contributed by atoms with Gasteiger partial charge < -0.3 is 20.5 Å². The van der Waals surface area contributed by atoms with E-state index in [0.717, 1.165) is 82.7 Å². The second kappa shape index (κ2) is 19.8. The minimum absolute atomic E-state index is 0. The van der Waals surface area contributed by atoms with Crippen molar-refractivity contribution in [2.24, 2.45) is 11.7 Å². The summed E-state index contributed by atoms with van der Waals surface area (Å²) in [6.07, 6.45) is 7.70. The standard InChI is InChI=1S/C44H51N5O3.ClH/c1-32(2)26-28-51-40-24-22-34-16-6-8-19-38(34)43(40)44-39-20-9-7-17-35(39)23-25-41(44)52-31-37-30-49(48-47-37)29-36(18-10-11-27-45)46-42(50)21-12-15-33-13-4-3-5-14-33;/h3-9,13-14,16-17,19-20,22-25,30,32,36H,10-12,15,18,21,26-29,31,45H2,1-2H3,(H,46,50);1H/t36-;/m1./s1. The third-order valence-electron chi connectivity index (χ3n) is 9.44. The summed E-state index contributed by atoms with van der Waals surface area (Å²) in [4.78, 5) is 13.0. The van der Waals surface area contributed by atoms with Crippen LogP contribution >= 0.6 is 12.4 Å². The lowest BCUT2D eigenvalue weighted by Crippen LogP contribution is -2.38. The fourth-order valence-corrected chi connectivity index (χ4v) is 6.68. The average Bonchev–Trinajstić information content (AvgIpc) is 3.61. The van der Waals surface area contributed by atoms with Gasteiger partial charge in [-0.3, -0.25) is 9.48 Å². The molecule has 0 aliphatic rings. The Kier molecular flexibility index (Phi) is 14.7. The molecule has 0 unspecified atom stereocenters. The van der Waals surface area contributed by atoms with Crippen LogP contribution < -0.4 is 20.5 Å². The molecule has 6 aromatic rings. The molecule has 8 nitrogen and oxygen atoms in total. The van der Waals surface area contributed by atoms with E-state index in [4.69, 9.17) is 15.2 Å². The molecule has 0 aliphatic carbocycles. The van der Waals surface area contributed by atoms with Gasteiger partial charge >= 0.3 is 0 Å². The Morgan fingerprint density at radius 3 is 2.08 bits per heavy atom. The maximum absolute atomic E-state index is 13.0. The summed E-state index contributed by atoms with van der Waals surface area (Å²) in [5.74, 6) is 2.19. The fraction of sp³-hybridized carbons (Fsp3) is 0.341. The number of aromatic nitrogens is 3. The Morgan fingerprint density at radius 2 is 1.42 bits per heavy atom. The number of benzene rings is 5. The van der Waals surface area contributed by atoms with Crippen molar-refractivity contribution in [3.8, 4) is 22.6 Å². The van der Waals surface area contributed by atoms with Gasteiger partial charge in [0.05, 0.1) is 19.3 Å². The highest BCUT2D eigenvalue weighted by Gasteiger charge is 2.20. The molecule has 1 aromatic heterocycles. The molecule has 6 rings (SSSR count). The Morgan fingerprint density at radius 1 is 0.774 bits per heavy atom. The van der Waals surface area contributed by atoms with Crippen LogP contribution in [0.2, 0.25) is 0 Å². The number of fused-ring (bicyclic) bond motifs is 2. The first-order valence-corrected chi connectivity index (χ1v) is 18.7. The minimum atomic E-state index is -0.0705. The molecule has 0 aliphatic heterocycles. The van der Waals surface area contributed by atoms with Crippen molar-refractivity contribution in [3.05, 3.63) is 121 Å². The van der Waals surface area contributed by atoms with Crippen LogP contribution in [0.3, 0.4) is 0 Å². The van der Waals surface area contributed by atoms with Crippen LogP contribution in [0.15, 0.2) is 109 Å². The average molecular weight is 734 g/mol. The first kappa shape index (κ1) is 39.3. The topological polar surface area (TPSA) is 104 Å². The molecule has 9 heteroatoms. The molecule has 0 radical (unpaired) electrons. The highest BCUT2D eigenvalue weighted by Crippen LogP contribution is 2.45. The van der Waals surface area contributed by atoms with E-state index < -0.39 is 0 Å². The SMILES string of the molecule is CC(C)CCOc1ccc2ccccc2c1-c1c(OCc2cn(C[C@@H](CCCCN)NC(=O)CCCc3ccccc3)nn2)ccc2ccccc12.Cl. The molecule has 1 atom stereocenters. The van der Waals surface area contributed by atoms with E-state index in [-0.39, 0.29) is 31.0 Å². The number of carbonyl (C=O) groups excluding carboxylic acids is 1. The van der Waals surface area contributed by atoms with Crippen LogP contribution in [0.1, 0.15) is 63.6 Å². The smallest absolute Gasteiger partial charge is 0.220 e. The predicted molar refractivity (Wildman–Crippen MR) is 218 cm³/mol. The number of nitrogens with zero attached hydrogens (tertiary/aromatic N) is 3. The van der Waals surface area contributed by atoms with Gasteiger partial charge in [-0.15, -0.1) is 17.5 Å². The maximum Gasteiger partial charge on any atom is 0.220 e. The van der Waals surface area contributed by atoms with Crippen LogP contribution in [-0.4, -0.2) is 40.1 Å². The molecule has 1 amide bonds. The van der Waals surface area contributed by atoms with Crippen LogP contribution in [0.5, 0.6) is 11.5 Å². The van der Waals surface area contributed by atoms with Gasteiger partial charge in [0, 0.05) is 23.6 Å². The number of aryl methyl sites for hydroxylation is 1. The van der Waals surface area contributed by atoms with Crippen LogP contribution in [0.25, 0.3) is 32.7 Å². The molecule has 278 valence electrons. The van der Waals surface area contributed by atoms with Gasteiger partial charge in [-0.1, -0.05) is 116 Å². The molecule has 0 saturated heterocycles. The molecule has 0 bridgehead atoms. The summed E-state index contributed by atoms with van der Waals surface area (Å²) >= 11 is 0. The van der Waals surface area contributed by atoms with E-state index >= 15 is 0 Å². The summed E-state index contributed by atoms with van der Waals surface area (Å²) in [7, 11) is 0.